The lowest BCUT2D eigenvalue weighted by Gasteiger charge is -2.13. The van der Waals surface area contributed by atoms with E-state index in [-0.39, 0.29) is 5.91 Å². The molecule has 94 valence electrons. The lowest BCUT2D eigenvalue weighted by Crippen LogP contribution is -2.24. The second kappa shape index (κ2) is 6.47. The van der Waals surface area contributed by atoms with E-state index in [0.717, 1.165) is 13.1 Å². The number of rotatable bonds is 5. The van der Waals surface area contributed by atoms with Crippen molar-refractivity contribution < 1.29 is 4.79 Å². The van der Waals surface area contributed by atoms with Gasteiger partial charge in [-0.3, -0.25) is 4.79 Å². The lowest BCUT2D eigenvalue weighted by atomic mass is 10.2. The summed E-state index contributed by atoms with van der Waals surface area (Å²) in [5, 5.41) is 3.22. The van der Waals surface area contributed by atoms with E-state index >= 15 is 0 Å². The molecule has 3 N–H and O–H groups in total. The molecule has 0 fully saturated rings. The van der Waals surface area contributed by atoms with Crippen LogP contribution in [0.3, 0.4) is 0 Å². The Morgan fingerprint density at radius 2 is 2.24 bits per heavy atom. The molecule has 5 heteroatoms. The van der Waals surface area contributed by atoms with Gasteiger partial charge in [0.05, 0.1) is 10.7 Å². The van der Waals surface area contributed by atoms with Crippen molar-refractivity contribution in [3.63, 3.8) is 0 Å². The van der Waals surface area contributed by atoms with Crippen molar-refractivity contribution in [3.05, 3.63) is 23.2 Å². The van der Waals surface area contributed by atoms with Crippen LogP contribution in [0.4, 0.5) is 11.4 Å². The monoisotopic (exact) mass is 255 g/mol. The normalized spacial score (nSPS) is 10.6. The summed E-state index contributed by atoms with van der Waals surface area (Å²) in [5.41, 5.74) is 6.75. The maximum Gasteiger partial charge on any atom is 0.225 e. The number of hydrogen-bond donors (Lipinski definition) is 2. The third kappa shape index (κ3) is 4.63. The van der Waals surface area contributed by atoms with E-state index in [4.69, 9.17) is 17.3 Å². The molecule has 0 aliphatic carbocycles. The largest absolute Gasteiger partial charge is 0.399 e. The van der Waals surface area contributed by atoms with Crippen molar-refractivity contribution in [3.8, 4) is 0 Å². The minimum atomic E-state index is -0.0445. The smallest absolute Gasteiger partial charge is 0.225 e. The van der Waals surface area contributed by atoms with Gasteiger partial charge in [-0.1, -0.05) is 18.5 Å². The van der Waals surface area contributed by atoms with E-state index in [2.05, 4.69) is 17.1 Å². The molecule has 1 amide bonds. The van der Waals surface area contributed by atoms with Crippen molar-refractivity contribution in [2.75, 3.05) is 31.2 Å². The Bertz CT molecular complexity index is 395. The number of nitrogens with one attached hydrogen (secondary N) is 1. The molecule has 0 aliphatic heterocycles. The molecule has 0 heterocycles. The average Bonchev–Trinajstić information content (AvgIpc) is 2.29. The molecule has 0 aromatic heterocycles. The van der Waals surface area contributed by atoms with Crippen LogP contribution in [0.5, 0.6) is 0 Å². The first kappa shape index (κ1) is 13.8. The van der Waals surface area contributed by atoms with Gasteiger partial charge in [-0.25, -0.2) is 0 Å². The van der Waals surface area contributed by atoms with E-state index < -0.39 is 0 Å². The van der Waals surface area contributed by atoms with Crippen LogP contribution in [0, 0.1) is 0 Å². The second-order valence-electron chi connectivity index (χ2n) is 3.93. The van der Waals surface area contributed by atoms with Crippen molar-refractivity contribution in [1.29, 1.82) is 0 Å². The van der Waals surface area contributed by atoms with Crippen LogP contribution in [0.2, 0.25) is 5.02 Å². The zero-order chi connectivity index (χ0) is 12.8. The van der Waals surface area contributed by atoms with Gasteiger partial charge in [0.25, 0.3) is 0 Å². The predicted molar refractivity (Wildman–Crippen MR) is 72.3 cm³/mol. The van der Waals surface area contributed by atoms with Crippen LogP contribution in [-0.4, -0.2) is 30.9 Å². The molecular weight excluding hydrogens is 238 g/mol. The average molecular weight is 256 g/mol. The van der Waals surface area contributed by atoms with Crippen LogP contribution in [0.1, 0.15) is 13.3 Å². The second-order valence-corrected chi connectivity index (χ2v) is 4.34. The number of hydrogen-bond acceptors (Lipinski definition) is 3. The first-order valence-electron chi connectivity index (χ1n) is 5.56. The standard InChI is InChI=1S/C12H18ClN3O/c1-3-16(2)7-6-12(17)15-11-5-4-9(14)8-10(11)13/h4-5,8H,3,6-7,14H2,1-2H3,(H,15,17). The molecule has 4 nitrogen and oxygen atoms in total. The van der Waals surface area contributed by atoms with Gasteiger partial charge in [-0.2, -0.15) is 0 Å². The molecule has 0 spiro atoms. The van der Waals surface area contributed by atoms with Crippen LogP contribution >= 0.6 is 11.6 Å². The number of halogens is 1. The third-order valence-corrected chi connectivity index (χ3v) is 2.84. The number of nitrogen functional groups attached to an aromatic ring is 1. The molecule has 0 atom stereocenters. The quantitative estimate of drug-likeness (QED) is 0.793. The molecule has 0 radical (unpaired) electrons. The van der Waals surface area contributed by atoms with Gasteiger partial charge in [0.1, 0.15) is 0 Å². The highest BCUT2D eigenvalue weighted by Crippen LogP contribution is 2.23. The molecule has 0 aliphatic rings. The van der Waals surface area contributed by atoms with Crippen LogP contribution < -0.4 is 11.1 Å². The molecule has 0 saturated heterocycles. The van der Waals surface area contributed by atoms with Gasteiger partial charge in [-0.15, -0.1) is 0 Å². The summed E-state index contributed by atoms with van der Waals surface area (Å²) < 4.78 is 0. The topological polar surface area (TPSA) is 58.4 Å². The maximum atomic E-state index is 11.6. The van der Waals surface area contributed by atoms with E-state index in [1.165, 1.54) is 0 Å². The Morgan fingerprint density at radius 3 is 2.82 bits per heavy atom. The Balaban J connectivity index is 2.50. The van der Waals surface area contributed by atoms with Crippen molar-refractivity contribution >= 4 is 28.9 Å². The molecule has 0 unspecified atom stereocenters. The molecule has 1 rings (SSSR count). The van der Waals surface area contributed by atoms with Crippen molar-refractivity contribution in [1.82, 2.24) is 4.90 Å². The lowest BCUT2D eigenvalue weighted by molar-refractivity contribution is -0.116. The third-order valence-electron chi connectivity index (χ3n) is 2.53. The van der Waals surface area contributed by atoms with E-state index in [1.807, 2.05) is 7.05 Å². The first-order valence-corrected chi connectivity index (χ1v) is 5.94. The number of nitrogens with zero attached hydrogens (tertiary/aromatic N) is 1. The zero-order valence-electron chi connectivity index (χ0n) is 10.2. The molecule has 1 aromatic carbocycles. The Labute approximate surface area is 107 Å². The summed E-state index contributed by atoms with van der Waals surface area (Å²) in [6.45, 7) is 3.71. The SMILES string of the molecule is CCN(C)CCC(=O)Nc1ccc(N)cc1Cl. The summed E-state index contributed by atoms with van der Waals surface area (Å²) in [6.07, 6.45) is 0.449. The maximum absolute atomic E-state index is 11.6. The highest BCUT2D eigenvalue weighted by Gasteiger charge is 2.06. The molecule has 17 heavy (non-hydrogen) atoms. The number of amides is 1. The number of nitrogens with two attached hydrogens (primary N) is 1. The summed E-state index contributed by atoms with van der Waals surface area (Å²) in [4.78, 5) is 13.7. The van der Waals surface area contributed by atoms with Gasteiger partial charge in [0, 0.05) is 18.7 Å². The van der Waals surface area contributed by atoms with Gasteiger partial charge < -0.3 is 16.0 Å². The van der Waals surface area contributed by atoms with E-state index in [0.29, 0.717) is 22.8 Å². The van der Waals surface area contributed by atoms with Crippen LogP contribution in [0.25, 0.3) is 0 Å². The Morgan fingerprint density at radius 1 is 1.53 bits per heavy atom. The highest BCUT2D eigenvalue weighted by atomic mass is 35.5. The number of anilines is 2. The molecular formula is C12H18ClN3O. The summed E-state index contributed by atoms with van der Waals surface area (Å²) in [5.74, 6) is -0.0445. The molecule has 1 aromatic rings. The number of benzene rings is 1. The minimum absolute atomic E-state index is 0.0445. The fraction of sp³-hybridized carbons (Fsp3) is 0.417. The van der Waals surface area contributed by atoms with Gasteiger partial charge in [-0.05, 0) is 31.8 Å². The Hall–Kier alpha value is -1.26. The highest BCUT2D eigenvalue weighted by molar-refractivity contribution is 6.34. The van der Waals surface area contributed by atoms with Crippen molar-refractivity contribution in [2.45, 2.75) is 13.3 Å². The molecule has 0 bridgehead atoms. The van der Waals surface area contributed by atoms with Crippen molar-refractivity contribution in [2.24, 2.45) is 0 Å². The number of carbonyl (C=O) groups is 1. The Kier molecular flexibility index (Phi) is 5.25. The zero-order valence-corrected chi connectivity index (χ0v) is 10.9. The predicted octanol–water partition coefficient (Wildman–Crippen LogP) is 2.20. The van der Waals surface area contributed by atoms with Gasteiger partial charge in [0.15, 0.2) is 0 Å². The van der Waals surface area contributed by atoms with E-state index in [9.17, 15) is 4.79 Å². The fourth-order valence-electron chi connectivity index (χ4n) is 1.30. The van der Waals surface area contributed by atoms with Crippen LogP contribution in [0.15, 0.2) is 18.2 Å². The summed E-state index contributed by atoms with van der Waals surface area (Å²) >= 11 is 5.96. The fourth-order valence-corrected chi connectivity index (χ4v) is 1.53. The summed E-state index contributed by atoms with van der Waals surface area (Å²) in [7, 11) is 1.98. The number of carbonyl (C=O) groups excluding carboxylic acids is 1. The molecule has 0 saturated carbocycles. The van der Waals surface area contributed by atoms with Gasteiger partial charge >= 0.3 is 0 Å². The van der Waals surface area contributed by atoms with E-state index in [1.54, 1.807) is 18.2 Å². The summed E-state index contributed by atoms with van der Waals surface area (Å²) in [6, 6.07) is 5.04. The minimum Gasteiger partial charge on any atom is -0.399 e. The van der Waals surface area contributed by atoms with Crippen LogP contribution in [-0.2, 0) is 4.79 Å². The van der Waals surface area contributed by atoms with Gasteiger partial charge in [0.2, 0.25) is 5.91 Å². The first-order chi connectivity index (χ1) is 8.02.